The molecule has 0 bridgehead atoms. The maximum atomic E-state index is 12.8. The Morgan fingerprint density at radius 3 is 1.24 bits per heavy atom. The van der Waals surface area contributed by atoms with Gasteiger partial charge in [-0.15, -0.1) is 0 Å². The summed E-state index contributed by atoms with van der Waals surface area (Å²) >= 11 is 0. The average molecular weight is 494 g/mol. The Morgan fingerprint density at radius 1 is 0.647 bits per heavy atom. The van der Waals surface area contributed by atoms with Crippen molar-refractivity contribution < 1.29 is 65.2 Å². The molecule has 0 aliphatic heterocycles. The quantitative estimate of drug-likeness (QED) is 0.441. The zero-order valence-electron chi connectivity index (χ0n) is 16.4. The van der Waals surface area contributed by atoms with E-state index in [4.69, 9.17) is 0 Å². The van der Waals surface area contributed by atoms with Crippen LogP contribution in [0.4, 0.5) is 26.3 Å². The summed E-state index contributed by atoms with van der Waals surface area (Å²) in [5, 5.41) is 18.5. The lowest BCUT2D eigenvalue weighted by atomic mass is 10.1. The molecule has 0 fully saturated rings. The molecule has 0 heterocycles. The molecule has 0 unspecified atom stereocenters. The number of carboxylic acid groups (broad SMARTS) is 2. The number of rotatable bonds is 7. The van der Waals surface area contributed by atoms with Gasteiger partial charge in [-0.25, -0.2) is 19.2 Å². The molecule has 14 heteroatoms. The number of ether oxygens (including phenoxy) is 2. The van der Waals surface area contributed by atoms with Gasteiger partial charge in [0.05, 0.1) is 22.3 Å². The third kappa shape index (κ3) is 6.46. The molecule has 0 saturated carbocycles. The third-order valence-corrected chi connectivity index (χ3v) is 4.08. The van der Waals surface area contributed by atoms with Crippen LogP contribution < -0.4 is 0 Å². The number of hydrogen-bond donors (Lipinski definition) is 2. The largest absolute Gasteiger partial charge is 0.478 e. The minimum absolute atomic E-state index is 0.311. The highest BCUT2D eigenvalue weighted by molar-refractivity contribution is 5.95. The smallest absolute Gasteiger partial charge is 0.416 e. The van der Waals surface area contributed by atoms with Crippen LogP contribution in [0.5, 0.6) is 0 Å². The van der Waals surface area contributed by atoms with Crippen molar-refractivity contribution in [3.8, 4) is 0 Å². The number of esters is 2. The summed E-state index contributed by atoms with van der Waals surface area (Å²) in [6, 6.07) is 5.07. The Balaban J connectivity index is 2.30. The Labute approximate surface area is 185 Å². The minimum atomic E-state index is -4.87. The van der Waals surface area contributed by atoms with E-state index in [0.717, 1.165) is 24.3 Å². The molecule has 0 spiro atoms. The van der Waals surface area contributed by atoms with Crippen molar-refractivity contribution in [1.29, 1.82) is 0 Å². The molecule has 0 amide bonds. The first-order chi connectivity index (χ1) is 15.6. The predicted molar refractivity (Wildman–Crippen MR) is 96.6 cm³/mol. The van der Waals surface area contributed by atoms with Gasteiger partial charge in [0.25, 0.3) is 0 Å². The van der Waals surface area contributed by atoms with Crippen LogP contribution in [-0.4, -0.2) is 46.3 Å². The highest BCUT2D eigenvalue weighted by Gasteiger charge is 2.41. The Hall–Kier alpha value is -4.10. The molecule has 182 valence electrons. The van der Waals surface area contributed by atoms with Gasteiger partial charge in [0, 0.05) is 0 Å². The zero-order chi connectivity index (χ0) is 25.8. The summed E-state index contributed by atoms with van der Waals surface area (Å²) in [4.78, 5) is 47.3. The normalized spacial score (nSPS) is 13.5. The van der Waals surface area contributed by atoms with Gasteiger partial charge in [-0.2, -0.15) is 26.3 Å². The molecule has 2 atom stereocenters. The van der Waals surface area contributed by atoms with Gasteiger partial charge in [0.2, 0.25) is 12.2 Å². The van der Waals surface area contributed by atoms with Crippen LogP contribution >= 0.6 is 0 Å². The number of halogens is 6. The van der Waals surface area contributed by atoms with Crippen molar-refractivity contribution in [2.75, 3.05) is 0 Å². The molecule has 34 heavy (non-hydrogen) atoms. The first kappa shape index (κ1) is 26.2. The van der Waals surface area contributed by atoms with E-state index in [-0.39, 0.29) is 0 Å². The number of carbonyl (C=O) groups excluding carboxylic acids is 2. The van der Waals surface area contributed by atoms with Crippen LogP contribution in [0.3, 0.4) is 0 Å². The lowest BCUT2D eigenvalue weighted by Gasteiger charge is -2.21. The molecule has 0 radical (unpaired) electrons. The fourth-order valence-corrected chi connectivity index (χ4v) is 2.50. The summed E-state index contributed by atoms with van der Waals surface area (Å²) in [5.74, 6) is -7.71. The Kier molecular flexibility index (Phi) is 7.54. The molecule has 2 aromatic carbocycles. The van der Waals surface area contributed by atoms with Gasteiger partial charge >= 0.3 is 36.2 Å². The molecular formula is C20H12F6O8. The summed E-state index contributed by atoms with van der Waals surface area (Å²) in [5.41, 5.74) is -4.18. The fourth-order valence-electron chi connectivity index (χ4n) is 2.50. The number of benzene rings is 2. The van der Waals surface area contributed by atoms with Crippen molar-refractivity contribution in [3.63, 3.8) is 0 Å². The molecule has 2 aromatic rings. The molecule has 0 aliphatic carbocycles. The van der Waals surface area contributed by atoms with Crippen LogP contribution in [0.25, 0.3) is 0 Å². The maximum Gasteiger partial charge on any atom is 0.416 e. The van der Waals surface area contributed by atoms with Gasteiger partial charge in [-0.1, -0.05) is 12.1 Å². The summed E-state index contributed by atoms with van der Waals surface area (Å²) < 4.78 is 85.8. The molecule has 0 aliphatic rings. The average Bonchev–Trinajstić information content (AvgIpc) is 2.74. The van der Waals surface area contributed by atoms with Crippen LogP contribution in [0.15, 0.2) is 48.5 Å². The number of hydrogen-bond acceptors (Lipinski definition) is 6. The van der Waals surface area contributed by atoms with Crippen molar-refractivity contribution in [2.24, 2.45) is 0 Å². The van der Waals surface area contributed by atoms with E-state index in [9.17, 15) is 55.7 Å². The summed E-state index contributed by atoms with van der Waals surface area (Å²) in [6.45, 7) is 0. The standard InChI is InChI=1S/C20H12F6O8/c21-19(22,23)11-5-1-3-9(7-11)17(31)33-13(15(27)28)14(16(29)30)34-18(32)10-4-2-6-12(8-10)20(24,25)26/h1-8,13-14H,(H,27,28)(H,29,30)/t13-,14-/m1/s1. The molecule has 2 N–H and O–H groups in total. The molecule has 0 aromatic heterocycles. The summed E-state index contributed by atoms with van der Waals surface area (Å²) in [7, 11) is 0. The first-order valence-electron chi connectivity index (χ1n) is 8.83. The second-order valence-electron chi connectivity index (χ2n) is 6.49. The minimum Gasteiger partial charge on any atom is -0.478 e. The molecule has 2 rings (SSSR count). The van der Waals surface area contributed by atoms with Crippen molar-refractivity contribution in [3.05, 3.63) is 70.8 Å². The zero-order valence-corrected chi connectivity index (χ0v) is 16.4. The van der Waals surface area contributed by atoms with Gasteiger partial charge in [0.15, 0.2) is 0 Å². The van der Waals surface area contributed by atoms with E-state index in [0.29, 0.717) is 24.3 Å². The highest BCUT2D eigenvalue weighted by atomic mass is 19.4. The van der Waals surface area contributed by atoms with Gasteiger partial charge in [-0.05, 0) is 36.4 Å². The monoisotopic (exact) mass is 494 g/mol. The first-order valence-corrected chi connectivity index (χ1v) is 8.83. The molecule has 8 nitrogen and oxygen atoms in total. The lowest BCUT2D eigenvalue weighted by Crippen LogP contribution is -2.45. The maximum absolute atomic E-state index is 12.8. The second kappa shape index (κ2) is 9.80. The van der Waals surface area contributed by atoms with E-state index >= 15 is 0 Å². The van der Waals surface area contributed by atoms with E-state index in [1.165, 1.54) is 0 Å². The van der Waals surface area contributed by atoms with Crippen molar-refractivity contribution >= 4 is 23.9 Å². The number of alkyl halides is 6. The van der Waals surface area contributed by atoms with Gasteiger partial charge in [-0.3, -0.25) is 0 Å². The van der Waals surface area contributed by atoms with Crippen LogP contribution in [0, 0.1) is 0 Å². The lowest BCUT2D eigenvalue weighted by molar-refractivity contribution is -0.166. The Morgan fingerprint density at radius 2 is 0.971 bits per heavy atom. The number of carboxylic acids is 2. The van der Waals surface area contributed by atoms with Crippen molar-refractivity contribution in [2.45, 2.75) is 24.6 Å². The highest BCUT2D eigenvalue weighted by Crippen LogP contribution is 2.31. The molecule has 0 saturated heterocycles. The van der Waals surface area contributed by atoms with Crippen LogP contribution in [0.1, 0.15) is 31.8 Å². The molecular weight excluding hydrogens is 482 g/mol. The third-order valence-electron chi connectivity index (χ3n) is 4.08. The number of carbonyl (C=O) groups is 4. The van der Waals surface area contributed by atoms with E-state index in [2.05, 4.69) is 9.47 Å². The second-order valence-corrected chi connectivity index (χ2v) is 6.49. The topological polar surface area (TPSA) is 127 Å². The van der Waals surface area contributed by atoms with Crippen molar-refractivity contribution in [1.82, 2.24) is 0 Å². The fraction of sp³-hybridized carbons (Fsp3) is 0.200. The van der Waals surface area contributed by atoms with E-state index in [1.807, 2.05) is 0 Å². The number of aliphatic carboxylic acids is 2. The van der Waals surface area contributed by atoms with Gasteiger partial charge < -0.3 is 19.7 Å². The SMILES string of the molecule is O=C(O[C@@H](C(=O)O)[C@@H](OC(=O)c1cccc(C(F)(F)F)c1)C(=O)O)c1cccc(C(F)(F)F)c1. The summed E-state index contributed by atoms with van der Waals surface area (Å²) in [6.07, 6.45) is -15.2. The van der Waals surface area contributed by atoms with Gasteiger partial charge in [0.1, 0.15) is 0 Å². The van der Waals surface area contributed by atoms with E-state index < -0.39 is 70.7 Å². The van der Waals surface area contributed by atoms with E-state index in [1.54, 1.807) is 0 Å². The van der Waals surface area contributed by atoms with Crippen LogP contribution in [0.2, 0.25) is 0 Å². The predicted octanol–water partition coefficient (Wildman–Crippen LogP) is 3.64. The Bertz CT molecular complexity index is 1020. The van der Waals surface area contributed by atoms with Crippen LogP contribution in [-0.2, 0) is 31.4 Å².